The number of rotatable bonds is 8. The van der Waals surface area contributed by atoms with E-state index >= 15 is 0 Å². The fourth-order valence-corrected chi connectivity index (χ4v) is 4.21. The third-order valence-corrected chi connectivity index (χ3v) is 6.08. The highest BCUT2D eigenvalue weighted by atomic mass is 16.5. The Hall–Kier alpha value is -2.86. The highest BCUT2D eigenvalue weighted by molar-refractivity contribution is 5.82. The number of amides is 2. The number of likely N-dealkylation sites (N-methyl/N-ethyl adjacent to an activating group) is 1. The van der Waals surface area contributed by atoms with E-state index < -0.39 is 0 Å². The quantitative estimate of drug-likeness (QED) is 0.637. The maximum atomic E-state index is 13.3. The molecule has 2 amide bonds. The first-order chi connectivity index (χ1) is 15.2. The average Bonchev–Trinajstić information content (AvgIpc) is 3.20. The van der Waals surface area contributed by atoms with Gasteiger partial charge in [0, 0.05) is 39.5 Å². The highest BCUT2D eigenvalue weighted by Gasteiger charge is 2.40. The van der Waals surface area contributed by atoms with E-state index in [0.29, 0.717) is 26.2 Å². The fourth-order valence-electron chi connectivity index (χ4n) is 4.21. The summed E-state index contributed by atoms with van der Waals surface area (Å²) in [6, 6.07) is 16.3. The number of aryl methyl sites for hydroxylation is 1. The summed E-state index contributed by atoms with van der Waals surface area (Å²) in [7, 11) is 5.90. The van der Waals surface area contributed by atoms with Gasteiger partial charge in [-0.2, -0.15) is 0 Å². The fraction of sp³-hybridized carbons (Fsp3) is 0.462. The molecule has 0 aliphatic carbocycles. The molecule has 6 heteroatoms. The second-order valence-corrected chi connectivity index (χ2v) is 9.04. The lowest BCUT2D eigenvalue weighted by Crippen LogP contribution is -2.38. The molecule has 1 aliphatic rings. The van der Waals surface area contributed by atoms with E-state index in [1.165, 1.54) is 11.1 Å². The molecule has 0 radical (unpaired) electrons. The van der Waals surface area contributed by atoms with E-state index in [0.717, 1.165) is 17.9 Å². The summed E-state index contributed by atoms with van der Waals surface area (Å²) in [4.78, 5) is 31.0. The minimum absolute atomic E-state index is 0.000253. The van der Waals surface area contributed by atoms with Gasteiger partial charge in [0.15, 0.2) is 0 Å². The number of hydrogen-bond acceptors (Lipinski definition) is 4. The van der Waals surface area contributed by atoms with Crippen LogP contribution in [-0.4, -0.2) is 73.9 Å². The summed E-state index contributed by atoms with van der Waals surface area (Å²) < 4.78 is 5.80. The van der Waals surface area contributed by atoms with Crippen LogP contribution in [-0.2, 0) is 16.1 Å². The first-order valence-corrected chi connectivity index (χ1v) is 11.2. The molecule has 1 fully saturated rings. The van der Waals surface area contributed by atoms with Crippen LogP contribution in [0.3, 0.4) is 0 Å². The first-order valence-electron chi connectivity index (χ1n) is 11.2. The molecule has 2 atom stereocenters. The van der Waals surface area contributed by atoms with Crippen molar-refractivity contribution in [2.24, 2.45) is 5.92 Å². The zero-order valence-electron chi connectivity index (χ0n) is 19.9. The summed E-state index contributed by atoms with van der Waals surface area (Å²) in [5.74, 6) is 0.627. The number of carbonyl (C=O) groups excluding carboxylic acids is 2. The Morgan fingerprint density at radius 1 is 1.00 bits per heavy atom. The van der Waals surface area contributed by atoms with Gasteiger partial charge in [0.05, 0.1) is 12.5 Å². The van der Waals surface area contributed by atoms with E-state index in [2.05, 4.69) is 29.2 Å². The Morgan fingerprint density at radius 3 is 2.25 bits per heavy atom. The van der Waals surface area contributed by atoms with Gasteiger partial charge in [0.1, 0.15) is 12.4 Å². The second-order valence-electron chi connectivity index (χ2n) is 9.04. The van der Waals surface area contributed by atoms with Crippen molar-refractivity contribution >= 4 is 11.8 Å². The van der Waals surface area contributed by atoms with E-state index in [1.807, 2.05) is 52.3 Å². The van der Waals surface area contributed by atoms with Gasteiger partial charge in [0.25, 0.3) is 0 Å². The zero-order valence-corrected chi connectivity index (χ0v) is 19.9. The molecule has 0 spiro atoms. The standard InChI is InChI=1S/C26H35N3O3/c1-19-6-12-23(13-7-19)32-15-14-28(5)26(31)25-18-29(20(2)30)17-24(25)22-10-8-21(9-11-22)16-27(3)4/h6-13,24-25H,14-18H2,1-5H3/t24-,25+/m1/s1. The number of ether oxygens (including phenoxy) is 1. The van der Waals surface area contributed by atoms with Crippen LogP contribution in [0.2, 0.25) is 0 Å². The van der Waals surface area contributed by atoms with Crippen LogP contribution in [0, 0.1) is 12.8 Å². The summed E-state index contributed by atoms with van der Waals surface area (Å²) in [5.41, 5.74) is 3.52. The summed E-state index contributed by atoms with van der Waals surface area (Å²) in [6.07, 6.45) is 0. The third-order valence-electron chi connectivity index (χ3n) is 6.08. The SMILES string of the molecule is CC(=O)N1C[C@H](C(=O)N(C)CCOc2ccc(C)cc2)[C@@H](c2ccc(CN(C)C)cc2)C1. The minimum Gasteiger partial charge on any atom is -0.492 e. The molecule has 1 aliphatic heterocycles. The van der Waals surface area contributed by atoms with Crippen molar-refractivity contribution < 1.29 is 14.3 Å². The van der Waals surface area contributed by atoms with Gasteiger partial charge < -0.3 is 19.4 Å². The van der Waals surface area contributed by atoms with Gasteiger partial charge in [-0.05, 0) is 44.3 Å². The van der Waals surface area contributed by atoms with E-state index in [9.17, 15) is 9.59 Å². The van der Waals surface area contributed by atoms with Crippen LogP contribution in [0.15, 0.2) is 48.5 Å². The summed E-state index contributed by atoms with van der Waals surface area (Å²) >= 11 is 0. The van der Waals surface area contributed by atoms with Gasteiger partial charge in [-0.1, -0.05) is 42.0 Å². The lowest BCUT2D eigenvalue weighted by molar-refractivity contribution is -0.134. The Kier molecular flexibility index (Phi) is 7.91. The molecular weight excluding hydrogens is 402 g/mol. The van der Waals surface area contributed by atoms with Crippen molar-refractivity contribution in [2.45, 2.75) is 26.3 Å². The Balaban J connectivity index is 1.65. The molecule has 1 saturated heterocycles. The van der Waals surface area contributed by atoms with Crippen LogP contribution in [0.4, 0.5) is 0 Å². The molecule has 0 unspecified atom stereocenters. The summed E-state index contributed by atoms with van der Waals surface area (Å²) in [6.45, 7) is 6.44. The van der Waals surface area contributed by atoms with Gasteiger partial charge >= 0.3 is 0 Å². The normalized spacial score (nSPS) is 18.1. The molecule has 3 rings (SSSR count). The molecule has 1 heterocycles. The molecule has 0 saturated carbocycles. The third kappa shape index (κ3) is 6.10. The average molecular weight is 438 g/mol. The van der Waals surface area contributed by atoms with E-state index in [-0.39, 0.29) is 23.7 Å². The molecule has 2 aromatic rings. The van der Waals surface area contributed by atoms with Crippen LogP contribution in [0.1, 0.15) is 29.5 Å². The number of likely N-dealkylation sites (tertiary alicyclic amines) is 1. The van der Waals surface area contributed by atoms with Crippen molar-refractivity contribution in [3.63, 3.8) is 0 Å². The number of carbonyl (C=O) groups is 2. The Labute approximate surface area is 191 Å². The van der Waals surface area contributed by atoms with Crippen LogP contribution in [0.5, 0.6) is 5.75 Å². The van der Waals surface area contributed by atoms with Gasteiger partial charge in [-0.3, -0.25) is 9.59 Å². The van der Waals surface area contributed by atoms with Gasteiger partial charge in [0.2, 0.25) is 11.8 Å². The van der Waals surface area contributed by atoms with E-state index in [1.54, 1.807) is 16.7 Å². The number of hydrogen-bond donors (Lipinski definition) is 0. The maximum absolute atomic E-state index is 13.3. The maximum Gasteiger partial charge on any atom is 0.228 e. The van der Waals surface area contributed by atoms with Crippen molar-refractivity contribution in [3.8, 4) is 5.75 Å². The first kappa shape index (κ1) is 23.8. The largest absolute Gasteiger partial charge is 0.492 e. The second kappa shape index (κ2) is 10.6. The van der Waals surface area contributed by atoms with Crippen molar-refractivity contribution in [2.75, 3.05) is 47.4 Å². The topological polar surface area (TPSA) is 53.1 Å². The number of benzene rings is 2. The monoisotopic (exact) mass is 437 g/mol. The molecule has 2 aromatic carbocycles. The molecular formula is C26H35N3O3. The van der Waals surface area contributed by atoms with E-state index in [4.69, 9.17) is 4.74 Å². The molecule has 32 heavy (non-hydrogen) atoms. The lowest BCUT2D eigenvalue weighted by Gasteiger charge is -2.25. The van der Waals surface area contributed by atoms with Gasteiger partial charge in [-0.25, -0.2) is 0 Å². The van der Waals surface area contributed by atoms with Crippen LogP contribution >= 0.6 is 0 Å². The van der Waals surface area contributed by atoms with Crippen LogP contribution in [0.25, 0.3) is 0 Å². The Bertz CT molecular complexity index is 909. The van der Waals surface area contributed by atoms with Crippen LogP contribution < -0.4 is 4.74 Å². The molecule has 6 nitrogen and oxygen atoms in total. The predicted molar refractivity (Wildman–Crippen MR) is 127 cm³/mol. The zero-order chi connectivity index (χ0) is 23.3. The lowest BCUT2D eigenvalue weighted by atomic mass is 9.87. The molecule has 172 valence electrons. The predicted octanol–water partition coefficient (Wildman–Crippen LogP) is 3.16. The van der Waals surface area contributed by atoms with Crippen molar-refractivity contribution in [3.05, 3.63) is 65.2 Å². The molecule has 0 aromatic heterocycles. The summed E-state index contributed by atoms with van der Waals surface area (Å²) in [5, 5.41) is 0. The highest BCUT2D eigenvalue weighted by Crippen LogP contribution is 2.34. The molecule has 0 bridgehead atoms. The Morgan fingerprint density at radius 2 is 1.66 bits per heavy atom. The van der Waals surface area contributed by atoms with Crippen molar-refractivity contribution in [1.82, 2.24) is 14.7 Å². The smallest absolute Gasteiger partial charge is 0.228 e. The number of nitrogens with zero attached hydrogens (tertiary/aromatic N) is 3. The minimum atomic E-state index is -0.247. The van der Waals surface area contributed by atoms with Crippen molar-refractivity contribution in [1.29, 1.82) is 0 Å². The molecule has 0 N–H and O–H groups in total. The van der Waals surface area contributed by atoms with Gasteiger partial charge in [-0.15, -0.1) is 0 Å².